The minimum Gasteiger partial charge on any atom is -0.507 e. The van der Waals surface area contributed by atoms with Gasteiger partial charge in [-0.15, -0.1) is 0 Å². The molecule has 3 nitrogen and oxygen atoms in total. The fourth-order valence-corrected chi connectivity index (χ4v) is 2.47. The Bertz CT molecular complexity index is 558. The summed E-state index contributed by atoms with van der Waals surface area (Å²) < 4.78 is 5.61. The molecule has 0 aliphatic carbocycles. The van der Waals surface area contributed by atoms with E-state index in [9.17, 15) is 4.79 Å². The molecule has 0 aromatic heterocycles. The van der Waals surface area contributed by atoms with Crippen molar-refractivity contribution in [3.05, 3.63) is 66.5 Å². The number of para-hydroxylation sites is 1. The fraction of sp³-hybridized carbons (Fsp3) is 0.458. The van der Waals surface area contributed by atoms with Crippen molar-refractivity contribution in [1.29, 1.82) is 0 Å². The second kappa shape index (κ2) is 18.5. The van der Waals surface area contributed by atoms with Crippen LogP contribution in [0.1, 0.15) is 75.6 Å². The van der Waals surface area contributed by atoms with E-state index in [1.165, 1.54) is 51.0 Å². The predicted octanol–water partition coefficient (Wildman–Crippen LogP) is 6.99. The van der Waals surface area contributed by atoms with Gasteiger partial charge in [0.2, 0.25) is 0 Å². The molecule has 1 aromatic rings. The summed E-state index contributed by atoms with van der Waals surface area (Å²) in [5.41, 5.74) is 0.331. The molecule has 1 N–H and O–H groups in total. The van der Waals surface area contributed by atoms with Crippen molar-refractivity contribution in [1.82, 2.24) is 0 Å². The number of aldehydes is 1. The normalized spacial score (nSPS) is 11.0. The lowest BCUT2D eigenvalue weighted by molar-refractivity contribution is 0.112. The topological polar surface area (TPSA) is 46.5 Å². The maximum atomic E-state index is 10.1. The molecule has 1 rings (SSSR count). The summed E-state index contributed by atoms with van der Waals surface area (Å²) in [6, 6.07) is 6.40. The molecular formula is C24H36O3. The van der Waals surface area contributed by atoms with Crippen molar-refractivity contribution in [2.24, 2.45) is 0 Å². The van der Waals surface area contributed by atoms with Crippen LogP contribution in [0, 0.1) is 0 Å². The zero-order chi connectivity index (χ0) is 20.2. The molecule has 0 spiro atoms. The van der Waals surface area contributed by atoms with E-state index in [0.29, 0.717) is 11.8 Å². The maximum absolute atomic E-state index is 10.1. The van der Waals surface area contributed by atoms with Crippen LogP contribution in [0.3, 0.4) is 0 Å². The van der Waals surface area contributed by atoms with E-state index < -0.39 is 0 Å². The van der Waals surface area contributed by atoms with Gasteiger partial charge in [-0.25, -0.2) is 0 Å². The maximum Gasteiger partial charge on any atom is 0.153 e. The quantitative estimate of drug-likeness (QED) is 0.175. The molecule has 3 heteroatoms. The summed E-state index contributed by atoms with van der Waals surface area (Å²) in [5.74, 6) is 1.14. The van der Waals surface area contributed by atoms with Crippen molar-refractivity contribution in [2.45, 2.75) is 65.2 Å². The van der Waals surface area contributed by atoms with Crippen molar-refractivity contribution >= 4 is 6.29 Å². The fourth-order valence-electron chi connectivity index (χ4n) is 2.47. The zero-order valence-corrected chi connectivity index (χ0v) is 17.0. The van der Waals surface area contributed by atoms with Crippen molar-refractivity contribution in [2.75, 3.05) is 6.61 Å². The first kappa shape index (κ1) is 24.7. The number of phenolic OH excluding ortho intramolecular Hbond substituents is 1. The van der Waals surface area contributed by atoms with Crippen LogP contribution in [-0.4, -0.2) is 18.0 Å². The number of hydrogen-bond acceptors (Lipinski definition) is 3. The minimum atomic E-state index is 0.0347. The summed E-state index contributed by atoms with van der Waals surface area (Å²) in [5, 5.41) is 8.88. The smallest absolute Gasteiger partial charge is 0.153 e. The van der Waals surface area contributed by atoms with Gasteiger partial charge in [-0.2, -0.15) is 0 Å². The molecule has 1 aromatic carbocycles. The summed E-state index contributed by atoms with van der Waals surface area (Å²) in [6.07, 6.45) is 18.9. The summed E-state index contributed by atoms with van der Waals surface area (Å²) >= 11 is 0. The van der Waals surface area contributed by atoms with Crippen molar-refractivity contribution < 1.29 is 14.6 Å². The molecule has 0 aliphatic heterocycles. The summed E-state index contributed by atoms with van der Waals surface area (Å²) in [6.45, 7) is 8.71. The number of ether oxygens (including phenoxy) is 1. The van der Waals surface area contributed by atoms with Gasteiger partial charge in [-0.3, -0.25) is 4.79 Å². The third-order valence-corrected chi connectivity index (χ3v) is 3.95. The lowest BCUT2D eigenvalue weighted by Gasteiger charge is -2.07. The van der Waals surface area contributed by atoms with Crippen LogP contribution in [0.4, 0.5) is 0 Å². The average molecular weight is 373 g/mol. The average Bonchev–Trinajstić information content (AvgIpc) is 2.68. The van der Waals surface area contributed by atoms with E-state index >= 15 is 0 Å². The number of phenols is 1. The highest BCUT2D eigenvalue weighted by atomic mass is 16.5. The number of allylic oxidation sites excluding steroid dienone is 5. The number of carbonyl (C=O) groups excluding carboxylic acids is 1. The molecular weight excluding hydrogens is 336 g/mol. The van der Waals surface area contributed by atoms with Crippen LogP contribution in [0.15, 0.2) is 60.9 Å². The van der Waals surface area contributed by atoms with Crippen LogP contribution >= 0.6 is 0 Å². The summed E-state index contributed by atoms with van der Waals surface area (Å²) in [7, 11) is 0. The molecule has 0 amide bonds. The highest BCUT2D eigenvalue weighted by Crippen LogP contribution is 2.13. The number of benzene rings is 1. The highest BCUT2D eigenvalue weighted by molar-refractivity contribution is 5.78. The van der Waals surface area contributed by atoms with Gasteiger partial charge < -0.3 is 9.84 Å². The minimum absolute atomic E-state index is 0.0347. The van der Waals surface area contributed by atoms with Gasteiger partial charge in [-0.05, 0) is 31.6 Å². The van der Waals surface area contributed by atoms with Crippen molar-refractivity contribution in [3.63, 3.8) is 0 Å². The molecule has 0 saturated carbocycles. The number of hydrogen-bond donors (Lipinski definition) is 1. The van der Waals surface area contributed by atoms with Gasteiger partial charge >= 0.3 is 0 Å². The van der Waals surface area contributed by atoms with E-state index in [4.69, 9.17) is 9.84 Å². The molecule has 0 aliphatic rings. The first-order chi connectivity index (χ1) is 13.2. The van der Waals surface area contributed by atoms with Gasteiger partial charge in [0.05, 0.1) is 17.9 Å². The van der Waals surface area contributed by atoms with Crippen LogP contribution < -0.4 is 0 Å². The highest BCUT2D eigenvalue weighted by Gasteiger charge is 1.97. The van der Waals surface area contributed by atoms with Crippen molar-refractivity contribution in [3.8, 4) is 5.75 Å². The van der Waals surface area contributed by atoms with Crippen LogP contribution in [0.2, 0.25) is 0 Å². The monoisotopic (exact) mass is 372 g/mol. The van der Waals surface area contributed by atoms with E-state index in [1.807, 2.05) is 19.1 Å². The van der Waals surface area contributed by atoms with Gasteiger partial charge in [0.1, 0.15) is 5.75 Å². The Morgan fingerprint density at radius 2 is 1.70 bits per heavy atom. The first-order valence-electron chi connectivity index (χ1n) is 10.0. The number of aromatic hydroxyl groups is 1. The Kier molecular flexibility index (Phi) is 16.9. The van der Waals surface area contributed by atoms with E-state index in [0.717, 1.165) is 18.8 Å². The molecule has 0 atom stereocenters. The standard InChI is InChI=1S/C17H30O.C7H6O2/c1-4-7-9-10-11-12-14-16-17(18-6-3)15-13-8-5-2;8-5-6-3-1-2-4-7(6)9/h5,8,13,15H,2,4,6-7,9-12,14,16H2,1,3H3;1-5,9H/b13-8+,17-15-;. The Balaban J connectivity index is 0.000000621. The van der Waals surface area contributed by atoms with E-state index in [2.05, 4.69) is 19.6 Å². The van der Waals surface area contributed by atoms with Gasteiger partial charge in [0, 0.05) is 6.42 Å². The SMILES string of the molecule is C=C/C=C/C=C(/CCCCCCCCC)OCC.O=Cc1ccccc1O. The van der Waals surface area contributed by atoms with Crippen LogP contribution in [0.25, 0.3) is 0 Å². The molecule has 0 bridgehead atoms. The Labute approximate surface area is 165 Å². The number of rotatable bonds is 13. The second-order valence-electron chi connectivity index (χ2n) is 6.23. The van der Waals surface area contributed by atoms with E-state index in [1.54, 1.807) is 24.3 Å². The lowest BCUT2D eigenvalue weighted by atomic mass is 10.1. The second-order valence-corrected chi connectivity index (χ2v) is 6.23. The number of carbonyl (C=O) groups is 1. The predicted molar refractivity (Wildman–Crippen MR) is 115 cm³/mol. The Morgan fingerprint density at radius 3 is 2.26 bits per heavy atom. The number of unbranched alkanes of at least 4 members (excludes halogenated alkanes) is 6. The lowest BCUT2D eigenvalue weighted by Crippen LogP contribution is -1.92. The zero-order valence-electron chi connectivity index (χ0n) is 17.0. The first-order valence-corrected chi connectivity index (χ1v) is 10.0. The molecule has 0 radical (unpaired) electrons. The molecule has 0 unspecified atom stereocenters. The van der Waals surface area contributed by atoms with Crippen LogP contribution in [0.5, 0.6) is 5.75 Å². The van der Waals surface area contributed by atoms with Gasteiger partial charge in [0.15, 0.2) is 6.29 Å². The van der Waals surface area contributed by atoms with E-state index in [-0.39, 0.29) is 5.75 Å². The molecule has 0 saturated heterocycles. The largest absolute Gasteiger partial charge is 0.507 e. The van der Waals surface area contributed by atoms with Gasteiger partial charge in [-0.1, -0.05) is 82.4 Å². The van der Waals surface area contributed by atoms with Gasteiger partial charge in [0.25, 0.3) is 0 Å². The molecule has 27 heavy (non-hydrogen) atoms. The Morgan fingerprint density at radius 1 is 1.04 bits per heavy atom. The Hall–Kier alpha value is -2.29. The molecule has 150 valence electrons. The third kappa shape index (κ3) is 14.6. The third-order valence-electron chi connectivity index (χ3n) is 3.95. The molecule has 0 heterocycles. The summed E-state index contributed by atoms with van der Waals surface area (Å²) in [4.78, 5) is 10.1. The molecule has 0 fully saturated rings. The van der Waals surface area contributed by atoms with Crippen LogP contribution in [-0.2, 0) is 4.74 Å².